The summed E-state index contributed by atoms with van der Waals surface area (Å²) in [5.74, 6) is -0.0175. The second kappa shape index (κ2) is 5.16. The van der Waals surface area contributed by atoms with Crippen molar-refractivity contribution in [2.75, 3.05) is 11.9 Å². The van der Waals surface area contributed by atoms with Crippen molar-refractivity contribution in [3.63, 3.8) is 0 Å². The van der Waals surface area contributed by atoms with E-state index < -0.39 is 14.1 Å². The molecule has 2 heterocycles. The number of carbonyl (C=O) groups excluding carboxylic acids is 1. The molecule has 0 aromatic carbocycles. The van der Waals surface area contributed by atoms with Gasteiger partial charge in [0.15, 0.2) is 0 Å². The van der Waals surface area contributed by atoms with Crippen LogP contribution < -0.4 is 16.1 Å². The van der Waals surface area contributed by atoms with Crippen LogP contribution in [0.25, 0.3) is 0 Å². The van der Waals surface area contributed by atoms with Crippen LogP contribution in [0.2, 0.25) is 0 Å². The number of aromatic nitrogens is 2. The van der Waals surface area contributed by atoms with E-state index in [2.05, 4.69) is 15.4 Å². The lowest BCUT2D eigenvalue weighted by molar-refractivity contribution is 0.0996. The van der Waals surface area contributed by atoms with Crippen molar-refractivity contribution in [1.29, 1.82) is 0 Å². The topological polar surface area (TPSA) is 122 Å². The predicted molar refractivity (Wildman–Crippen MR) is 65.0 cm³/mol. The number of hydrogen-bond acceptors (Lipinski definition) is 4. The monoisotopic (exact) mass is 270 g/mol. The minimum atomic E-state index is -2.40. The SMILES string of the molecule is NC(=O)c1cn2c(n1)NCCC2/C=C/N[P+](=O)O. The molecule has 9 heteroatoms. The van der Waals surface area contributed by atoms with Crippen LogP contribution in [-0.2, 0) is 4.57 Å². The molecule has 1 aromatic heterocycles. The van der Waals surface area contributed by atoms with Gasteiger partial charge in [-0.05, 0) is 17.1 Å². The Morgan fingerprint density at radius 1 is 1.78 bits per heavy atom. The fourth-order valence-electron chi connectivity index (χ4n) is 1.77. The average molecular weight is 270 g/mol. The summed E-state index contributed by atoms with van der Waals surface area (Å²) in [5, 5.41) is 5.34. The molecule has 0 aliphatic carbocycles. The molecular weight excluding hydrogens is 257 g/mol. The second-order valence-corrected chi connectivity index (χ2v) is 4.57. The predicted octanol–water partition coefficient (Wildman–Crippen LogP) is 0.0917. The summed E-state index contributed by atoms with van der Waals surface area (Å²) >= 11 is 0. The van der Waals surface area contributed by atoms with E-state index in [-0.39, 0.29) is 11.7 Å². The minimum Gasteiger partial charge on any atom is -0.364 e. The number of nitrogens with zero attached hydrogens (tertiary/aromatic N) is 2. The zero-order chi connectivity index (χ0) is 13.1. The Morgan fingerprint density at radius 3 is 3.22 bits per heavy atom. The van der Waals surface area contributed by atoms with E-state index in [0.717, 1.165) is 6.42 Å². The van der Waals surface area contributed by atoms with Gasteiger partial charge in [0, 0.05) is 18.9 Å². The van der Waals surface area contributed by atoms with E-state index in [1.165, 1.54) is 6.20 Å². The van der Waals surface area contributed by atoms with E-state index in [4.69, 9.17) is 10.6 Å². The Bertz CT molecular complexity index is 512. The van der Waals surface area contributed by atoms with Gasteiger partial charge in [0.1, 0.15) is 5.69 Å². The Morgan fingerprint density at radius 2 is 2.56 bits per heavy atom. The van der Waals surface area contributed by atoms with Crippen LogP contribution in [0.3, 0.4) is 0 Å². The lowest BCUT2D eigenvalue weighted by Crippen LogP contribution is -2.21. The Labute approximate surface area is 104 Å². The number of anilines is 1. The van der Waals surface area contributed by atoms with Crippen LogP contribution in [0.4, 0.5) is 5.95 Å². The molecule has 18 heavy (non-hydrogen) atoms. The number of allylic oxidation sites excluding steroid dienone is 1. The molecule has 0 spiro atoms. The third kappa shape index (κ3) is 2.66. The fraction of sp³-hybridized carbons (Fsp3) is 0.333. The van der Waals surface area contributed by atoms with E-state index in [0.29, 0.717) is 12.5 Å². The molecule has 1 aliphatic rings. The highest BCUT2D eigenvalue weighted by atomic mass is 31.1. The second-order valence-electron chi connectivity index (χ2n) is 3.77. The smallest absolute Gasteiger partial charge is 0.364 e. The van der Waals surface area contributed by atoms with Crippen molar-refractivity contribution in [2.24, 2.45) is 5.73 Å². The average Bonchev–Trinajstić information content (AvgIpc) is 2.73. The molecule has 0 radical (unpaired) electrons. The molecule has 0 fully saturated rings. The summed E-state index contributed by atoms with van der Waals surface area (Å²) < 4.78 is 12.2. The molecule has 2 atom stereocenters. The van der Waals surface area contributed by atoms with Crippen LogP contribution in [-0.4, -0.2) is 26.9 Å². The van der Waals surface area contributed by atoms with Gasteiger partial charge in [-0.3, -0.25) is 4.79 Å². The summed E-state index contributed by atoms with van der Waals surface area (Å²) in [6.07, 6.45) is 5.50. The fourth-order valence-corrected chi connectivity index (χ4v) is 1.99. The largest absolute Gasteiger partial charge is 0.639 e. The highest BCUT2D eigenvalue weighted by molar-refractivity contribution is 7.35. The minimum absolute atomic E-state index is 0.0377. The Hall–Kier alpha value is -1.92. The van der Waals surface area contributed by atoms with Crippen LogP contribution in [0.5, 0.6) is 0 Å². The highest BCUT2D eigenvalue weighted by Gasteiger charge is 2.21. The standard InChI is InChI=1S/C9H12N5O3P/c10-8(15)7-5-14-6(2-4-12-18(16)17)1-3-11-9(14)13-7/h2,4-6H,1,3H2,(H4-,10,11,12,13,15,16,17)/p+1/b4-2+. The number of amides is 1. The van der Waals surface area contributed by atoms with Crippen LogP contribution >= 0.6 is 8.18 Å². The first kappa shape index (κ1) is 12.5. The quantitative estimate of drug-likeness (QED) is 0.575. The molecule has 1 aliphatic heterocycles. The first-order chi connectivity index (χ1) is 8.58. The Kier molecular flexibility index (Phi) is 3.59. The zero-order valence-electron chi connectivity index (χ0n) is 9.41. The molecule has 2 unspecified atom stereocenters. The molecule has 0 bridgehead atoms. The Balaban J connectivity index is 2.19. The molecule has 1 amide bonds. The van der Waals surface area contributed by atoms with E-state index in [1.807, 2.05) is 0 Å². The first-order valence-electron chi connectivity index (χ1n) is 5.29. The van der Waals surface area contributed by atoms with Crippen molar-refractivity contribution in [1.82, 2.24) is 14.6 Å². The van der Waals surface area contributed by atoms with E-state index in [1.54, 1.807) is 16.8 Å². The van der Waals surface area contributed by atoms with Gasteiger partial charge in [-0.1, -0.05) is 0 Å². The van der Waals surface area contributed by atoms with Crippen molar-refractivity contribution in [3.05, 3.63) is 24.2 Å². The number of hydrogen-bond donors (Lipinski definition) is 4. The van der Waals surface area contributed by atoms with Crippen LogP contribution in [0, 0.1) is 0 Å². The molecule has 0 saturated carbocycles. The third-order valence-corrected chi connectivity index (χ3v) is 2.94. The van der Waals surface area contributed by atoms with Crippen LogP contribution in [0.15, 0.2) is 18.5 Å². The molecule has 1 aromatic rings. The molecule has 5 N–H and O–H groups in total. The maximum absolute atomic E-state index is 11.0. The first-order valence-corrected chi connectivity index (χ1v) is 6.50. The van der Waals surface area contributed by atoms with Gasteiger partial charge in [0.05, 0.1) is 6.04 Å². The van der Waals surface area contributed by atoms with Gasteiger partial charge in [-0.25, -0.2) is 4.98 Å². The van der Waals surface area contributed by atoms with Crippen molar-refractivity contribution in [2.45, 2.75) is 12.5 Å². The maximum Gasteiger partial charge on any atom is 0.639 e. The number of primary amides is 1. The van der Waals surface area contributed by atoms with Gasteiger partial charge in [0.25, 0.3) is 5.91 Å². The lowest BCUT2D eigenvalue weighted by atomic mass is 10.2. The molecule has 2 rings (SSSR count). The molecule has 8 nitrogen and oxygen atoms in total. The normalized spacial score (nSPS) is 19.2. The summed E-state index contributed by atoms with van der Waals surface area (Å²) in [5.41, 5.74) is 5.36. The summed E-state index contributed by atoms with van der Waals surface area (Å²) in [6.45, 7) is 0.704. The van der Waals surface area contributed by atoms with Crippen LogP contribution in [0.1, 0.15) is 23.0 Å². The molecule has 0 saturated heterocycles. The van der Waals surface area contributed by atoms with Gasteiger partial charge in [-0.15, -0.1) is 4.89 Å². The van der Waals surface area contributed by atoms with E-state index >= 15 is 0 Å². The summed E-state index contributed by atoms with van der Waals surface area (Å²) in [4.78, 5) is 23.7. The zero-order valence-corrected chi connectivity index (χ0v) is 10.3. The van der Waals surface area contributed by atoms with Crippen molar-refractivity contribution in [3.8, 4) is 0 Å². The van der Waals surface area contributed by atoms with Gasteiger partial charge in [-0.2, -0.15) is 5.09 Å². The molecular formula is C9H13N5O3P+. The van der Waals surface area contributed by atoms with Crippen molar-refractivity contribution < 1.29 is 14.3 Å². The summed E-state index contributed by atoms with van der Waals surface area (Å²) in [6, 6.07) is -0.0377. The number of carbonyl (C=O) groups is 1. The summed E-state index contributed by atoms with van der Waals surface area (Å²) in [7, 11) is -2.40. The van der Waals surface area contributed by atoms with Gasteiger partial charge >= 0.3 is 8.18 Å². The lowest BCUT2D eigenvalue weighted by Gasteiger charge is -2.22. The van der Waals surface area contributed by atoms with Gasteiger partial charge in [0.2, 0.25) is 5.95 Å². The number of nitrogens with two attached hydrogens (primary N) is 1. The number of fused-ring (bicyclic) bond motifs is 1. The van der Waals surface area contributed by atoms with Crippen molar-refractivity contribution >= 4 is 20.0 Å². The number of nitrogens with one attached hydrogen (secondary N) is 2. The van der Waals surface area contributed by atoms with Gasteiger partial charge < -0.3 is 15.6 Å². The number of rotatable bonds is 4. The third-order valence-electron chi connectivity index (χ3n) is 2.57. The number of imidazole rings is 1. The van der Waals surface area contributed by atoms with E-state index in [9.17, 15) is 9.36 Å². The highest BCUT2D eigenvalue weighted by Crippen LogP contribution is 2.24. The molecule has 96 valence electrons. The maximum atomic E-state index is 11.0.